The molecule has 0 N–H and O–H groups in total. The third-order valence-corrected chi connectivity index (χ3v) is 1.87. The van der Waals surface area contributed by atoms with E-state index < -0.39 is 0 Å². The van der Waals surface area contributed by atoms with Gasteiger partial charge in [-0.2, -0.15) is 24.3 Å². The SMILES string of the molecule is O=C1CCc2c[c-]ccc21.[Y]. The van der Waals surface area contributed by atoms with Crippen LogP contribution in [0.4, 0.5) is 0 Å². The Morgan fingerprint density at radius 3 is 2.91 bits per heavy atom. The molecule has 1 aliphatic carbocycles. The fraction of sp³-hybridized carbons (Fsp3) is 0.222. The van der Waals surface area contributed by atoms with Gasteiger partial charge in [0, 0.05) is 39.1 Å². The summed E-state index contributed by atoms with van der Waals surface area (Å²) < 4.78 is 0. The van der Waals surface area contributed by atoms with Crippen LogP contribution in [0.25, 0.3) is 0 Å². The van der Waals surface area contributed by atoms with Crippen LogP contribution in [0.2, 0.25) is 0 Å². The summed E-state index contributed by atoms with van der Waals surface area (Å²) in [7, 11) is 0. The summed E-state index contributed by atoms with van der Waals surface area (Å²) in [5.74, 6) is 0.281. The van der Waals surface area contributed by atoms with Crippen LogP contribution in [0.3, 0.4) is 0 Å². The summed E-state index contributed by atoms with van der Waals surface area (Å²) in [5.41, 5.74) is 2.06. The maximum absolute atomic E-state index is 11.1. The van der Waals surface area contributed by atoms with E-state index in [1.54, 1.807) is 6.07 Å². The third-order valence-electron chi connectivity index (χ3n) is 1.87. The molecule has 2 heteroatoms. The second-order valence-corrected chi connectivity index (χ2v) is 2.51. The molecule has 0 heterocycles. The first-order valence-corrected chi connectivity index (χ1v) is 3.40. The van der Waals surface area contributed by atoms with Crippen LogP contribution in [0.15, 0.2) is 18.2 Å². The predicted molar refractivity (Wildman–Crippen MR) is 37.9 cm³/mol. The van der Waals surface area contributed by atoms with Crippen molar-refractivity contribution in [3.63, 3.8) is 0 Å². The van der Waals surface area contributed by atoms with Crippen LogP contribution in [0.5, 0.6) is 0 Å². The third kappa shape index (κ3) is 1.60. The van der Waals surface area contributed by atoms with Crippen LogP contribution in [-0.4, -0.2) is 5.78 Å². The maximum Gasteiger partial charge on any atom is 0.138 e. The molecular weight excluding hydrogens is 213 g/mol. The van der Waals surface area contributed by atoms with Gasteiger partial charge in [0.05, 0.1) is 0 Å². The van der Waals surface area contributed by atoms with Gasteiger partial charge in [0.2, 0.25) is 0 Å². The molecule has 0 saturated heterocycles. The van der Waals surface area contributed by atoms with Gasteiger partial charge in [0.25, 0.3) is 0 Å². The summed E-state index contributed by atoms with van der Waals surface area (Å²) in [4.78, 5) is 11.1. The molecule has 0 unspecified atom stereocenters. The van der Waals surface area contributed by atoms with Crippen LogP contribution in [0, 0.1) is 6.07 Å². The van der Waals surface area contributed by atoms with Crippen molar-refractivity contribution in [3.05, 3.63) is 35.4 Å². The molecule has 0 bridgehead atoms. The zero-order valence-corrected chi connectivity index (χ0v) is 8.97. The Morgan fingerprint density at radius 1 is 1.36 bits per heavy atom. The number of carbonyl (C=O) groups is 1. The first kappa shape index (κ1) is 9.08. The van der Waals surface area contributed by atoms with E-state index in [2.05, 4.69) is 6.07 Å². The molecule has 1 aromatic rings. The molecule has 0 aromatic heterocycles. The fourth-order valence-corrected chi connectivity index (χ4v) is 1.33. The van der Waals surface area contributed by atoms with Gasteiger partial charge in [-0.05, 0) is 0 Å². The Balaban J connectivity index is 0.000000605. The summed E-state index contributed by atoms with van der Waals surface area (Å²) in [6, 6.07) is 8.51. The summed E-state index contributed by atoms with van der Waals surface area (Å²) in [6.07, 6.45) is 1.60. The van der Waals surface area contributed by atoms with E-state index in [1.807, 2.05) is 12.1 Å². The topological polar surface area (TPSA) is 17.1 Å². The molecule has 0 aliphatic heterocycles. The molecule has 0 amide bonds. The monoisotopic (exact) mass is 220 g/mol. The molecule has 1 nitrogen and oxygen atoms in total. The average molecular weight is 220 g/mol. The van der Waals surface area contributed by atoms with Crippen LogP contribution >= 0.6 is 0 Å². The van der Waals surface area contributed by atoms with Crippen molar-refractivity contribution >= 4 is 5.78 Å². The van der Waals surface area contributed by atoms with E-state index in [1.165, 1.54) is 0 Å². The van der Waals surface area contributed by atoms with Crippen molar-refractivity contribution in [1.82, 2.24) is 0 Å². The number of Topliss-reactive ketones (excluding diaryl/α,β-unsaturated/α-hetero) is 1. The number of aryl methyl sites for hydroxylation is 1. The number of fused-ring (bicyclic) bond motifs is 1. The van der Waals surface area contributed by atoms with Gasteiger partial charge in [-0.25, -0.2) is 0 Å². The smallest absolute Gasteiger partial charge is 0.138 e. The van der Waals surface area contributed by atoms with E-state index in [0.29, 0.717) is 6.42 Å². The van der Waals surface area contributed by atoms with Gasteiger partial charge >= 0.3 is 0 Å². The van der Waals surface area contributed by atoms with Gasteiger partial charge in [0.1, 0.15) is 5.78 Å². The molecule has 0 spiro atoms. The molecule has 2 rings (SSSR count). The van der Waals surface area contributed by atoms with E-state index in [0.717, 1.165) is 17.5 Å². The first-order valence-electron chi connectivity index (χ1n) is 3.40. The Bertz CT molecular complexity index is 281. The number of benzene rings is 1. The molecule has 1 aromatic carbocycles. The van der Waals surface area contributed by atoms with Gasteiger partial charge < -0.3 is 0 Å². The number of hydrogen-bond acceptors (Lipinski definition) is 1. The zero-order chi connectivity index (χ0) is 6.97. The minimum Gasteiger partial charge on any atom is -0.297 e. The number of hydrogen-bond donors (Lipinski definition) is 0. The Kier molecular flexibility index (Phi) is 2.97. The van der Waals surface area contributed by atoms with E-state index in [9.17, 15) is 4.79 Å². The standard InChI is InChI=1S/C9H7O.Y/c10-9-6-5-7-3-1-2-4-8(7)9;/h2-4H,5-6H2;/q-1;. The van der Waals surface area contributed by atoms with Gasteiger partial charge in [-0.1, -0.05) is 12.0 Å². The van der Waals surface area contributed by atoms with Gasteiger partial charge in [-0.3, -0.25) is 4.79 Å². The van der Waals surface area contributed by atoms with Crippen molar-refractivity contribution in [2.24, 2.45) is 0 Å². The van der Waals surface area contributed by atoms with Gasteiger partial charge in [-0.15, -0.1) is 5.56 Å². The fourth-order valence-electron chi connectivity index (χ4n) is 1.33. The second-order valence-electron chi connectivity index (χ2n) is 2.51. The van der Waals surface area contributed by atoms with Crippen molar-refractivity contribution < 1.29 is 37.5 Å². The molecule has 0 fully saturated rings. The van der Waals surface area contributed by atoms with Crippen molar-refractivity contribution in [2.45, 2.75) is 12.8 Å². The Hall–Kier alpha value is -0.00610. The second kappa shape index (κ2) is 3.60. The van der Waals surface area contributed by atoms with Crippen molar-refractivity contribution in [3.8, 4) is 0 Å². The normalized spacial score (nSPS) is 14.0. The maximum atomic E-state index is 11.1. The summed E-state index contributed by atoms with van der Waals surface area (Å²) >= 11 is 0. The van der Waals surface area contributed by atoms with E-state index >= 15 is 0 Å². The largest absolute Gasteiger partial charge is 0.297 e. The molecule has 11 heavy (non-hydrogen) atoms. The van der Waals surface area contributed by atoms with E-state index in [-0.39, 0.29) is 38.5 Å². The first-order chi connectivity index (χ1) is 4.88. The van der Waals surface area contributed by atoms with Crippen LogP contribution in [-0.2, 0) is 39.1 Å². The number of rotatable bonds is 0. The molecule has 53 valence electrons. The van der Waals surface area contributed by atoms with Crippen molar-refractivity contribution in [2.75, 3.05) is 0 Å². The van der Waals surface area contributed by atoms with Crippen molar-refractivity contribution in [1.29, 1.82) is 0 Å². The quantitative estimate of drug-likeness (QED) is 0.607. The Morgan fingerprint density at radius 2 is 2.18 bits per heavy atom. The number of carbonyl (C=O) groups excluding carboxylic acids is 1. The molecular formula is C9H7OY-. The molecule has 1 aliphatic rings. The number of ketones is 1. The van der Waals surface area contributed by atoms with Crippen LogP contribution in [0.1, 0.15) is 22.3 Å². The predicted octanol–water partition coefficient (Wildman–Crippen LogP) is 1.61. The van der Waals surface area contributed by atoms with Gasteiger partial charge in [0.15, 0.2) is 0 Å². The van der Waals surface area contributed by atoms with E-state index in [4.69, 9.17) is 0 Å². The zero-order valence-electron chi connectivity index (χ0n) is 6.13. The Labute approximate surface area is 91.1 Å². The van der Waals surface area contributed by atoms with Crippen LogP contribution < -0.4 is 0 Å². The molecule has 0 saturated carbocycles. The average Bonchev–Trinajstić information content (AvgIpc) is 2.34. The minimum absolute atomic E-state index is 0. The minimum atomic E-state index is 0. The summed E-state index contributed by atoms with van der Waals surface area (Å²) in [5, 5.41) is 0. The molecule has 0 atom stereocenters. The molecule has 1 radical (unpaired) electrons. The summed E-state index contributed by atoms with van der Waals surface area (Å²) in [6.45, 7) is 0.